The summed E-state index contributed by atoms with van der Waals surface area (Å²) in [5.41, 5.74) is 0. The number of rotatable bonds is 8. The maximum absolute atomic E-state index is 10.1. The van der Waals surface area contributed by atoms with E-state index in [2.05, 4.69) is 8.37 Å². The fraction of sp³-hybridized carbons (Fsp3) is 0.667. The van der Waals surface area contributed by atoms with Gasteiger partial charge in [0.1, 0.15) is 0 Å². The molecule has 0 saturated carbocycles. The molecule has 0 aromatic heterocycles. The number of hydrogen-bond donors (Lipinski definition) is 2. The van der Waals surface area contributed by atoms with Crippen molar-refractivity contribution in [3.63, 3.8) is 0 Å². The molecule has 0 amide bonds. The van der Waals surface area contributed by atoms with Crippen molar-refractivity contribution in [2.45, 2.75) is 12.8 Å². The van der Waals surface area contributed by atoms with Gasteiger partial charge in [-0.05, 0) is 12.8 Å². The SMILES string of the molecule is O=S(=O)(O)OCC/C=C/CCOS(=O)(=O)O. The lowest BCUT2D eigenvalue weighted by atomic mass is 10.3. The van der Waals surface area contributed by atoms with Gasteiger partial charge in [0, 0.05) is 0 Å². The second kappa shape index (κ2) is 6.93. The summed E-state index contributed by atoms with van der Waals surface area (Å²) in [4.78, 5) is 0. The lowest BCUT2D eigenvalue weighted by molar-refractivity contribution is 0.269. The fourth-order valence-corrected chi connectivity index (χ4v) is 1.29. The van der Waals surface area contributed by atoms with Crippen LogP contribution in [0, 0.1) is 0 Å². The first-order valence-corrected chi connectivity index (χ1v) is 6.82. The van der Waals surface area contributed by atoms with Crippen LogP contribution in [0.1, 0.15) is 12.8 Å². The van der Waals surface area contributed by atoms with Gasteiger partial charge in [-0.15, -0.1) is 0 Å². The zero-order valence-corrected chi connectivity index (χ0v) is 9.78. The van der Waals surface area contributed by atoms with Crippen molar-refractivity contribution in [3.05, 3.63) is 12.2 Å². The van der Waals surface area contributed by atoms with Crippen molar-refractivity contribution in [1.82, 2.24) is 0 Å². The Morgan fingerprint density at radius 3 is 1.38 bits per heavy atom. The zero-order chi connectivity index (χ0) is 12.7. The minimum absolute atomic E-state index is 0.214. The quantitative estimate of drug-likeness (QED) is 0.359. The van der Waals surface area contributed by atoms with Crippen LogP contribution in [-0.4, -0.2) is 39.2 Å². The molecule has 0 aliphatic rings. The van der Waals surface area contributed by atoms with Gasteiger partial charge in [0.2, 0.25) is 0 Å². The molecule has 10 heteroatoms. The molecule has 0 spiro atoms. The van der Waals surface area contributed by atoms with Gasteiger partial charge in [0.15, 0.2) is 0 Å². The summed E-state index contributed by atoms with van der Waals surface area (Å²) in [6.45, 7) is -0.428. The third kappa shape index (κ3) is 13.5. The zero-order valence-electron chi connectivity index (χ0n) is 8.14. The predicted molar refractivity (Wildman–Crippen MR) is 53.4 cm³/mol. The summed E-state index contributed by atoms with van der Waals surface area (Å²) in [7, 11) is -8.82. The van der Waals surface area contributed by atoms with E-state index in [0.29, 0.717) is 0 Å². The highest BCUT2D eigenvalue weighted by atomic mass is 32.3. The molecule has 0 aliphatic heterocycles. The predicted octanol–water partition coefficient (Wildman–Crippen LogP) is -0.0384. The van der Waals surface area contributed by atoms with E-state index in [0.717, 1.165) is 0 Å². The van der Waals surface area contributed by atoms with Crippen molar-refractivity contribution in [2.75, 3.05) is 13.2 Å². The van der Waals surface area contributed by atoms with Crippen LogP contribution in [0.2, 0.25) is 0 Å². The van der Waals surface area contributed by atoms with Crippen LogP contribution in [0.5, 0.6) is 0 Å². The molecule has 96 valence electrons. The summed E-state index contributed by atoms with van der Waals surface area (Å²) < 4.78 is 64.6. The van der Waals surface area contributed by atoms with Crippen molar-refractivity contribution in [1.29, 1.82) is 0 Å². The van der Waals surface area contributed by atoms with Gasteiger partial charge in [0.05, 0.1) is 13.2 Å². The lowest BCUT2D eigenvalue weighted by Gasteiger charge is -1.96. The molecule has 0 bridgehead atoms. The van der Waals surface area contributed by atoms with E-state index in [1.54, 1.807) is 0 Å². The molecule has 0 heterocycles. The van der Waals surface area contributed by atoms with Crippen molar-refractivity contribution >= 4 is 20.8 Å². The van der Waals surface area contributed by atoms with E-state index in [1.165, 1.54) is 12.2 Å². The Kier molecular flexibility index (Phi) is 6.71. The first kappa shape index (κ1) is 15.5. The van der Waals surface area contributed by atoms with Gasteiger partial charge < -0.3 is 0 Å². The first-order valence-electron chi connectivity index (χ1n) is 4.09. The molecule has 0 rings (SSSR count). The molecule has 8 nitrogen and oxygen atoms in total. The number of hydrogen-bond acceptors (Lipinski definition) is 6. The van der Waals surface area contributed by atoms with Crippen LogP contribution in [0.4, 0.5) is 0 Å². The molecule has 0 fully saturated rings. The Bertz CT molecular complexity index is 366. The molecular weight excluding hydrogens is 264 g/mol. The second-order valence-electron chi connectivity index (χ2n) is 2.55. The average Bonchev–Trinajstić information content (AvgIpc) is 2.06. The van der Waals surface area contributed by atoms with Crippen LogP contribution in [0.15, 0.2) is 12.2 Å². The highest BCUT2D eigenvalue weighted by Crippen LogP contribution is 1.94. The molecule has 0 aromatic carbocycles. The monoisotopic (exact) mass is 276 g/mol. The van der Waals surface area contributed by atoms with Gasteiger partial charge >= 0.3 is 20.8 Å². The molecular formula is C6H12O8S2. The topological polar surface area (TPSA) is 127 Å². The van der Waals surface area contributed by atoms with E-state index < -0.39 is 20.8 Å². The molecule has 0 radical (unpaired) electrons. The van der Waals surface area contributed by atoms with E-state index in [4.69, 9.17) is 9.11 Å². The van der Waals surface area contributed by atoms with Gasteiger partial charge in [-0.3, -0.25) is 9.11 Å². The lowest BCUT2D eigenvalue weighted by Crippen LogP contribution is -2.04. The van der Waals surface area contributed by atoms with Crippen LogP contribution in [0.3, 0.4) is 0 Å². The van der Waals surface area contributed by atoms with Crippen LogP contribution in [0.25, 0.3) is 0 Å². The highest BCUT2D eigenvalue weighted by Gasteiger charge is 2.02. The van der Waals surface area contributed by atoms with Crippen LogP contribution < -0.4 is 0 Å². The van der Waals surface area contributed by atoms with Crippen LogP contribution in [-0.2, 0) is 29.2 Å². The van der Waals surface area contributed by atoms with Gasteiger partial charge in [0.25, 0.3) is 0 Å². The average molecular weight is 276 g/mol. The molecule has 2 N–H and O–H groups in total. The smallest absolute Gasteiger partial charge is 0.264 e. The third-order valence-electron chi connectivity index (χ3n) is 1.20. The third-order valence-corrected chi connectivity index (χ3v) is 2.13. The maximum Gasteiger partial charge on any atom is 0.397 e. The molecule has 0 aromatic rings. The molecule has 0 saturated heterocycles. The van der Waals surface area contributed by atoms with Gasteiger partial charge in [-0.1, -0.05) is 12.2 Å². The standard InChI is InChI=1S/C6H12O8S2/c7-15(8,9)13-5-3-1-2-4-6-14-16(10,11)12/h1-2H,3-6H2,(H,7,8,9)(H,10,11,12)/b2-1+. The van der Waals surface area contributed by atoms with E-state index in [-0.39, 0.29) is 26.1 Å². The second-order valence-corrected chi connectivity index (χ2v) is 4.73. The van der Waals surface area contributed by atoms with Gasteiger partial charge in [-0.2, -0.15) is 16.8 Å². The minimum atomic E-state index is -4.41. The highest BCUT2D eigenvalue weighted by molar-refractivity contribution is 7.81. The van der Waals surface area contributed by atoms with E-state index in [9.17, 15) is 16.8 Å². The van der Waals surface area contributed by atoms with Crippen molar-refractivity contribution in [3.8, 4) is 0 Å². The van der Waals surface area contributed by atoms with Gasteiger partial charge in [-0.25, -0.2) is 8.37 Å². The maximum atomic E-state index is 10.1. The first-order chi connectivity index (χ1) is 7.21. The summed E-state index contributed by atoms with van der Waals surface area (Å²) in [5.74, 6) is 0. The Morgan fingerprint density at radius 2 is 1.12 bits per heavy atom. The summed E-state index contributed by atoms with van der Waals surface area (Å²) in [5, 5.41) is 0. The largest absolute Gasteiger partial charge is 0.397 e. The van der Waals surface area contributed by atoms with Crippen LogP contribution >= 0.6 is 0 Å². The summed E-state index contributed by atoms with van der Waals surface area (Å²) in [6, 6.07) is 0. The summed E-state index contributed by atoms with van der Waals surface area (Å²) >= 11 is 0. The Balaban J connectivity index is 3.50. The Labute approximate surface area is 93.8 Å². The Morgan fingerprint density at radius 1 is 0.812 bits per heavy atom. The normalized spacial score (nSPS) is 13.4. The Hall–Kier alpha value is -0.520. The fourth-order valence-electron chi connectivity index (χ4n) is 0.679. The minimum Gasteiger partial charge on any atom is -0.264 e. The van der Waals surface area contributed by atoms with Crippen molar-refractivity contribution in [2.24, 2.45) is 0 Å². The molecule has 0 unspecified atom stereocenters. The molecule has 0 atom stereocenters. The van der Waals surface area contributed by atoms with Crippen molar-refractivity contribution < 1.29 is 34.3 Å². The van der Waals surface area contributed by atoms with E-state index >= 15 is 0 Å². The summed E-state index contributed by atoms with van der Waals surface area (Å²) in [6.07, 6.45) is 3.48. The molecule has 0 aliphatic carbocycles. The van der Waals surface area contributed by atoms with E-state index in [1.807, 2.05) is 0 Å². The molecule has 16 heavy (non-hydrogen) atoms.